The van der Waals surface area contributed by atoms with Crippen molar-refractivity contribution in [3.05, 3.63) is 46.5 Å². The maximum absolute atomic E-state index is 13.1. The number of aromatic carboxylic acids is 2. The lowest BCUT2D eigenvalue weighted by atomic mass is 9.58. The van der Waals surface area contributed by atoms with E-state index < -0.39 is 17.8 Å². The lowest BCUT2D eigenvalue weighted by molar-refractivity contribution is 0.0686. The second-order valence-electron chi connectivity index (χ2n) is 8.71. The smallest absolute Gasteiger partial charge is 0.336 e. The minimum Gasteiger partial charge on any atom is -0.478 e. The first-order chi connectivity index (χ1) is 15.4. The van der Waals surface area contributed by atoms with Gasteiger partial charge in [0.2, 0.25) is 7.28 Å². The highest BCUT2D eigenvalue weighted by Crippen LogP contribution is 2.34. The molecule has 2 fully saturated rings. The van der Waals surface area contributed by atoms with Gasteiger partial charge in [0.25, 0.3) is 5.91 Å². The zero-order valence-corrected chi connectivity index (χ0v) is 17.7. The maximum Gasteiger partial charge on any atom is 0.336 e. The van der Waals surface area contributed by atoms with E-state index >= 15 is 0 Å². The first-order valence-electron chi connectivity index (χ1n) is 11.1. The van der Waals surface area contributed by atoms with Gasteiger partial charge in [-0.15, -0.1) is 0 Å². The Kier molecular flexibility index (Phi) is 6.30. The third-order valence-corrected chi connectivity index (χ3v) is 6.61. The second-order valence-corrected chi connectivity index (χ2v) is 8.71. The highest BCUT2D eigenvalue weighted by molar-refractivity contribution is 6.79. The number of nitrogens with one attached hydrogen (secondary N) is 1. The molecule has 8 heteroatoms. The summed E-state index contributed by atoms with van der Waals surface area (Å²) in [6.45, 7) is 0. The summed E-state index contributed by atoms with van der Waals surface area (Å²) >= 11 is 0. The molecule has 0 bridgehead atoms. The van der Waals surface area contributed by atoms with Gasteiger partial charge in [-0.1, -0.05) is 50.4 Å². The van der Waals surface area contributed by atoms with Crippen molar-refractivity contribution < 1.29 is 29.4 Å². The Morgan fingerprint density at radius 3 is 1.75 bits per heavy atom. The zero-order chi connectivity index (χ0) is 22.8. The summed E-state index contributed by atoms with van der Waals surface area (Å²) in [5, 5.41) is 22.5. The Hall–Kier alpha value is -3.16. The fourth-order valence-electron chi connectivity index (χ4n) is 5.01. The van der Waals surface area contributed by atoms with Crippen LogP contribution in [0.5, 0.6) is 0 Å². The summed E-state index contributed by atoms with van der Waals surface area (Å²) in [5.41, 5.74) is -0.537. The van der Waals surface area contributed by atoms with E-state index in [1.54, 1.807) is 7.28 Å². The van der Waals surface area contributed by atoms with Crippen LogP contribution in [0.15, 0.2) is 24.3 Å². The summed E-state index contributed by atoms with van der Waals surface area (Å²) in [5.74, 6) is -2.90. The van der Waals surface area contributed by atoms with Crippen LogP contribution in [0, 0.1) is 0 Å². The zero-order valence-electron chi connectivity index (χ0n) is 17.7. The molecule has 7 nitrogen and oxygen atoms in total. The molecule has 1 radical (unpaired) electrons. The van der Waals surface area contributed by atoms with Crippen LogP contribution in [0.3, 0.4) is 0 Å². The van der Waals surface area contributed by atoms with Crippen molar-refractivity contribution >= 4 is 41.6 Å². The molecule has 2 aliphatic carbocycles. The third kappa shape index (κ3) is 4.26. The Balaban J connectivity index is 1.88. The maximum atomic E-state index is 13.1. The minimum atomic E-state index is -1.29. The van der Waals surface area contributed by atoms with E-state index in [9.17, 15) is 29.4 Å². The predicted molar refractivity (Wildman–Crippen MR) is 120 cm³/mol. The third-order valence-electron chi connectivity index (χ3n) is 6.61. The van der Waals surface area contributed by atoms with E-state index in [-0.39, 0.29) is 50.6 Å². The number of carbonyl (C=O) groups excluding carboxylic acids is 2. The first-order valence-corrected chi connectivity index (χ1v) is 11.1. The Labute approximate surface area is 186 Å². The van der Waals surface area contributed by atoms with Gasteiger partial charge in [0.1, 0.15) is 5.68 Å². The van der Waals surface area contributed by atoms with E-state index in [1.807, 2.05) is 0 Å². The Morgan fingerprint density at radius 2 is 1.19 bits per heavy atom. The molecule has 0 spiro atoms. The normalized spacial score (nSPS) is 16.9. The number of hydrogen-bond acceptors (Lipinski definition) is 4. The molecule has 2 aromatic rings. The fourth-order valence-corrected chi connectivity index (χ4v) is 5.01. The van der Waals surface area contributed by atoms with Crippen molar-refractivity contribution in [3.8, 4) is 0 Å². The molecule has 2 aliphatic rings. The van der Waals surface area contributed by atoms with E-state index in [0.717, 1.165) is 51.4 Å². The number of rotatable bonds is 7. The molecule has 0 aliphatic heterocycles. The number of carboxylic acids is 2. The molecule has 165 valence electrons. The van der Waals surface area contributed by atoms with Crippen molar-refractivity contribution in [1.29, 1.82) is 0 Å². The average molecular weight is 434 g/mol. The summed E-state index contributed by atoms with van der Waals surface area (Å²) in [6.07, 6.45) is 7.61. The van der Waals surface area contributed by atoms with Crippen LogP contribution in [-0.2, 0) is 0 Å². The van der Waals surface area contributed by atoms with Crippen molar-refractivity contribution in [1.82, 2.24) is 5.32 Å². The summed E-state index contributed by atoms with van der Waals surface area (Å²) in [6, 6.07) is 5.29. The quantitative estimate of drug-likeness (QED) is 0.564. The number of carbonyl (C=O) groups is 4. The Bertz CT molecular complexity index is 1010. The molecule has 0 heterocycles. The molecular formula is C24H25BNO6. The van der Waals surface area contributed by atoms with E-state index in [1.165, 1.54) is 24.3 Å². The highest BCUT2D eigenvalue weighted by atomic mass is 16.4. The molecule has 0 saturated heterocycles. The predicted octanol–water partition coefficient (Wildman–Crippen LogP) is 4.12. The van der Waals surface area contributed by atoms with Crippen molar-refractivity contribution in [2.45, 2.75) is 63.2 Å². The van der Waals surface area contributed by atoms with E-state index in [2.05, 4.69) is 5.32 Å². The molecule has 0 unspecified atom stereocenters. The fraction of sp³-hybridized carbons (Fsp3) is 0.417. The van der Waals surface area contributed by atoms with E-state index in [0.29, 0.717) is 0 Å². The summed E-state index contributed by atoms with van der Waals surface area (Å²) in [4.78, 5) is 50.2. The van der Waals surface area contributed by atoms with Crippen molar-refractivity contribution in [3.63, 3.8) is 0 Å². The molecule has 0 aromatic heterocycles. The lowest BCUT2D eigenvalue weighted by Gasteiger charge is -2.17. The number of carboxylic acid groups (broad SMARTS) is 2. The van der Waals surface area contributed by atoms with Gasteiger partial charge in [-0.2, -0.15) is 0 Å². The van der Waals surface area contributed by atoms with Gasteiger partial charge in [-0.05, 0) is 31.0 Å². The van der Waals surface area contributed by atoms with Gasteiger partial charge in [0, 0.05) is 27.9 Å². The second kappa shape index (κ2) is 9.14. The number of hydrogen-bond donors (Lipinski definition) is 3. The van der Waals surface area contributed by atoms with Crippen LogP contribution < -0.4 is 5.32 Å². The largest absolute Gasteiger partial charge is 0.478 e. The molecular weight excluding hydrogens is 409 g/mol. The molecule has 4 rings (SSSR count). The number of amides is 1. The van der Waals surface area contributed by atoms with Crippen LogP contribution in [0.2, 0.25) is 5.82 Å². The average Bonchev–Trinajstić information content (AvgIpc) is 3.46. The minimum absolute atomic E-state index is 0.00133. The standard InChI is InChI=1S/C24H25BNO6/c27-21(25-13-5-1-2-6-13)15-9-11-18(24(31)32)20-16(10-12-17(19(15)20)23(29)30)22(28)26-14-7-3-4-8-14/h9-14H,1-8H2,(H,26,28)(H,29,30)(H,31,32). The van der Waals surface area contributed by atoms with Crippen molar-refractivity contribution in [2.75, 3.05) is 0 Å². The van der Waals surface area contributed by atoms with Gasteiger partial charge >= 0.3 is 11.9 Å². The first kappa shape index (κ1) is 22.1. The molecule has 3 N–H and O–H groups in total. The van der Waals surface area contributed by atoms with Crippen LogP contribution in [-0.4, -0.2) is 47.1 Å². The molecule has 2 saturated carbocycles. The van der Waals surface area contributed by atoms with Crippen LogP contribution in [0.1, 0.15) is 92.8 Å². The summed E-state index contributed by atoms with van der Waals surface area (Å²) in [7, 11) is 1.61. The number of benzene rings is 2. The van der Waals surface area contributed by atoms with E-state index in [4.69, 9.17) is 0 Å². The lowest BCUT2D eigenvalue weighted by Crippen LogP contribution is -2.33. The van der Waals surface area contributed by atoms with Crippen molar-refractivity contribution in [2.24, 2.45) is 0 Å². The SMILES string of the molecule is O=C(O)c1ccc(C(=O)NC2CCCC2)c2c(C(=O)O)ccc(C(=O)[B]C3CCCC3)c12. The van der Waals surface area contributed by atoms with Crippen LogP contribution in [0.25, 0.3) is 10.8 Å². The van der Waals surface area contributed by atoms with Crippen LogP contribution >= 0.6 is 0 Å². The van der Waals surface area contributed by atoms with Gasteiger partial charge in [0.05, 0.1) is 11.1 Å². The summed E-state index contributed by atoms with van der Waals surface area (Å²) < 4.78 is 0. The monoisotopic (exact) mass is 434 g/mol. The van der Waals surface area contributed by atoms with Crippen LogP contribution in [0.4, 0.5) is 0 Å². The molecule has 32 heavy (non-hydrogen) atoms. The molecule has 2 aromatic carbocycles. The van der Waals surface area contributed by atoms with Gasteiger partial charge < -0.3 is 20.3 Å². The number of fused-ring (bicyclic) bond motifs is 1. The highest BCUT2D eigenvalue weighted by Gasteiger charge is 2.28. The molecule has 1 amide bonds. The topological polar surface area (TPSA) is 121 Å². The Morgan fingerprint density at radius 1 is 0.719 bits per heavy atom. The van der Waals surface area contributed by atoms with Gasteiger partial charge in [0.15, 0.2) is 0 Å². The molecule has 0 atom stereocenters. The van der Waals surface area contributed by atoms with Gasteiger partial charge in [-0.25, -0.2) is 9.59 Å². The van der Waals surface area contributed by atoms with Gasteiger partial charge in [-0.3, -0.25) is 4.79 Å².